The van der Waals surface area contributed by atoms with Crippen molar-refractivity contribution in [3.63, 3.8) is 0 Å². The maximum Gasteiger partial charge on any atom is 0.308 e. The van der Waals surface area contributed by atoms with Crippen LogP contribution in [0.25, 0.3) is 0 Å². The summed E-state index contributed by atoms with van der Waals surface area (Å²) >= 11 is 0. The number of amides is 1. The quantitative estimate of drug-likeness (QED) is 0.707. The van der Waals surface area contributed by atoms with Crippen LogP contribution < -0.4 is 14.8 Å². The second-order valence-electron chi connectivity index (χ2n) is 6.26. The zero-order valence-corrected chi connectivity index (χ0v) is 15.8. The van der Waals surface area contributed by atoms with E-state index in [0.717, 1.165) is 11.1 Å². The van der Waals surface area contributed by atoms with Crippen molar-refractivity contribution in [2.24, 2.45) is 5.92 Å². The summed E-state index contributed by atoms with van der Waals surface area (Å²) in [4.78, 5) is 24.0. The molecule has 0 aliphatic rings. The molecule has 2 aromatic carbocycles. The maximum atomic E-state index is 12.5. The third kappa shape index (κ3) is 5.48. The molecule has 6 heteroatoms. The summed E-state index contributed by atoms with van der Waals surface area (Å²) < 4.78 is 10.6. The van der Waals surface area contributed by atoms with Crippen molar-refractivity contribution >= 4 is 11.9 Å². The zero-order chi connectivity index (χ0) is 19.8. The zero-order valence-electron chi connectivity index (χ0n) is 15.8. The summed E-state index contributed by atoms with van der Waals surface area (Å²) in [6.45, 7) is 1.59. The minimum absolute atomic E-state index is 0.208. The highest BCUT2D eigenvalue weighted by atomic mass is 16.5. The van der Waals surface area contributed by atoms with Crippen LogP contribution in [0.1, 0.15) is 30.5 Å². The molecule has 0 saturated heterocycles. The number of ether oxygens (including phenoxy) is 2. The SMILES string of the molecule is COc1ccc(OC)c(CCC(=O)NC(c2ccccc2)C(C)C(=O)O)c1. The van der Waals surface area contributed by atoms with E-state index in [0.29, 0.717) is 17.9 Å². The number of carbonyl (C=O) groups is 2. The van der Waals surface area contributed by atoms with Crippen molar-refractivity contribution in [2.75, 3.05) is 14.2 Å². The molecule has 2 unspecified atom stereocenters. The lowest BCUT2D eigenvalue weighted by atomic mass is 9.94. The molecule has 2 N–H and O–H groups in total. The number of methoxy groups -OCH3 is 2. The molecule has 0 aliphatic heterocycles. The Morgan fingerprint density at radius 2 is 1.78 bits per heavy atom. The van der Waals surface area contributed by atoms with Gasteiger partial charge in [-0.3, -0.25) is 9.59 Å². The van der Waals surface area contributed by atoms with Crippen LogP contribution >= 0.6 is 0 Å². The standard InChI is InChI=1S/C21H25NO5/c1-14(21(24)25)20(15-7-5-4-6-8-15)22-19(23)12-9-16-13-17(26-2)10-11-18(16)27-3/h4-8,10-11,13-14,20H,9,12H2,1-3H3,(H,22,23)(H,24,25). The fourth-order valence-corrected chi connectivity index (χ4v) is 2.87. The fraction of sp³-hybridized carbons (Fsp3) is 0.333. The van der Waals surface area contributed by atoms with E-state index >= 15 is 0 Å². The summed E-state index contributed by atoms with van der Waals surface area (Å²) in [5, 5.41) is 12.2. The third-order valence-corrected chi connectivity index (χ3v) is 4.47. The van der Waals surface area contributed by atoms with Gasteiger partial charge in [0.05, 0.1) is 26.2 Å². The minimum Gasteiger partial charge on any atom is -0.497 e. The lowest BCUT2D eigenvalue weighted by Gasteiger charge is -2.23. The number of benzene rings is 2. The van der Waals surface area contributed by atoms with Crippen LogP contribution in [0.4, 0.5) is 0 Å². The van der Waals surface area contributed by atoms with Gasteiger partial charge in [0.25, 0.3) is 0 Å². The van der Waals surface area contributed by atoms with Crippen molar-refractivity contribution in [2.45, 2.75) is 25.8 Å². The second kappa shape index (κ2) is 9.62. The van der Waals surface area contributed by atoms with Gasteiger partial charge in [0.15, 0.2) is 0 Å². The molecule has 6 nitrogen and oxygen atoms in total. The van der Waals surface area contributed by atoms with E-state index in [4.69, 9.17) is 9.47 Å². The Morgan fingerprint density at radius 3 is 2.37 bits per heavy atom. The molecule has 2 atom stereocenters. The van der Waals surface area contributed by atoms with Crippen LogP contribution in [0.3, 0.4) is 0 Å². The summed E-state index contributed by atoms with van der Waals surface area (Å²) in [7, 11) is 3.15. The first-order chi connectivity index (χ1) is 13.0. The Bertz CT molecular complexity index is 775. The molecule has 0 saturated carbocycles. The molecule has 2 rings (SSSR count). The first-order valence-corrected chi connectivity index (χ1v) is 8.74. The predicted octanol–water partition coefficient (Wildman–Crippen LogP) is 3.21. The maximum absolute atomic E-state index is 12.5. The van der Waals surface area contributed by atoms with E-state index < -0.39 is 17.9 Å². The number of rotatable bonds is 9. The summed E-state index contributed by atoms with van der Waals surface area (Å²) in [5.41, 5.74) is 1.62. The van der Waals surface area contributed by atoms with E-state index in [-0.39, 0.29) is 12.3 Å². The monoisotopic (exact) mass is 371 g/mol. The molecule has 0 radical (unpaired) electrons. The molecule has 1 amide bonds. The Labute approximate surface area is 159 Å². The van der Waals surface area contributed by atoms with Crippen molar-refractivity contribution in [3.8, 4) is 11.5 Å². The van der Waals surface area contributed by atoms with Crippen LogP contribution in [0.15, 0.2) is 48.5 Å². The lowest BCUT2D eigenvalue weighted by molar-refractivity contribution is -0.142. The normalized spacial score (nSPS) is 12.7. The second-order valence-corrected chi connectivity index (χ2v) is 6.26. The van der Waals surface area contributed by atoms with Gasteiger partial charge in [-0.25, -0.2) is 0 Å². The largest absolute Gasteiger partial charge is 0.497 e. The molecule has 0 heterocycles. The van der Waals surface area contributed by atoms with Crippen molar-refractivity contribution < 1.29 is 24.2 Å². The van der Waals surface area contributed by atoms with E-state index in [1.54, 1.807) is 33.3 Å². The van der Waals surface area contributed by atoms with Gasteiger partial charge in [0.2, 0.25) is 5.91 Å². The predicted molar refractivity (Wildman–Crippen MR) is 102 cm³/mol. The van der Waals surface area contributed by atoms with Crippen LogP contribution in [-0.4, -0.2) is 31.2 Å². The highest BCUT2D eigenvalue weighted by Gasteiger charge is 2.26. The highest BCUT2D eigenvalue weighted by Crippen LogP contribution is 2.26. The van der Waals surface area contributed by atoms with Crippen molar-refractivity contribution in [3.05, 3.63) is 59.7 Å². The van der Waals surface area contributed by atoms with Crippen molar-refractivity contribution in [1.29, 1.82) is 0 Å². The molecule has 0 aromatic heterocycles. The fourth-order valence-electron chi connectivity index (χ4n) is 2.87. The molecule has 0 spiro atoms. The van der Waals surface area contributed by atoms with Gasteiger partial charge in [-0.15, -0.1) is 0 Å². The van der Waals surface area contributed by atoms with E-state index in [9.17, 15) is 14.7 Å². The summed E-state index contributed by atoms with van der Waals surface area (Å²) in [6.07, 6.45) is 0.661. The topological polar surface area (TPSA) is 84.9 Å². The molecule has 0 aliphatic carbocycles. The third-order valence-electron chi connectivity index (χ3n) is 4.47. The Balaban J connectivity index is 2.09. The summed E-state index contributed by atoms with van der Waals surface area (Å²) in [5.74, 6) is -0.557. The molecule has 0 fully saturated rings. The Hall–Kier alpha value is -3.02. The smallest absolute Gasteiger partial charge is 0.308 e. The van der Waals surface area contributed by atoms with Gasteiger partial charge in [-0.1, -0.05) is 30.3 Å². The number of hydrogen-bond acceptors (Lipinski definition) is 4. The lowest BCUT2D eigenvalue weighted by Crippen LogP contribution is -2.35. The molecular formula is C21H25NO5. The Kier molecular flexibility index (Phi) is 7.23. The van der Waals surface area contributed by atoms with Crippen LogP contribution in [0.5, 0.6) is 11.5 Å². The first-order valence-electron chi connectivity index (χ1n) is 8.74. The molecule has 27 heavy (non-hydrogen) atoms. The van der Waals surface area contributed by atoms with Crippen LogP contribution in [0.2, 0.25) is 0 Å². The molecule has 0 bridgehead atoms. The van der Waals surface area contributed by atoms with Crippen LogP contribution in [0, 0.1) is 5.92 Å². The number of carboxylic acids is 1. The number of carbonyl (C=O) groups excluding carboxylic acids is 1. The number of hydrogen-bond donors (Lipinski definition) is 2. The van der Waals surface area contributed by atoms with Gasteiger partial charge in [-0.05, 0) is 42.7 Å². The van der Waals surface area contributed by atoms with Crippen molar-refractivity contribution in [1.82, 2.24) is 5.32 Å². The van der Waals surface area contributed by atoms with E-state index in [1.165, 1.54) is 0 Å². The number of carboxylic acid groups (broad SMARTS) is 1. The molecular weight excluding hydrogens is 346 g/mol. The van der Waals surface area contributed by atoms with Gasteiger partial charge >= 0.3 is 5.97 Å². The molecule has 2 aromatic rings. The van der Waals surface area contributed by atoms with E-state index in [1.807, 2.05) is 36.4 Å². The summed E-state index contributed by atoms with van der Waals surface area (Å²) in [6, 6.07) is 14.0. The van der Waals surface area contributed by atoms with Gasteiger partial charge in [0, 0.05) is 6.42 Å². The average Bonchev–Trinajstić information content (AvgIpc) is 2.70. The van der Waals surface area contributed by atoms with Gasteiger partial charge < -0.3 is 19.9 Å². The number of aliphatic carboxylic acids is 1. The Morgan fingerprint density at radius 1 is 1.07 bits per heavy atom. The van der Waals surface area contributed by atoms with Gasteiger partial charge in [0.1, 0.15) is 11.5 Å². The van der Waals surface area contributed by atoms with Gasteiger partial charge in [-0.2, -0.15) is 0 Å². The minimum atomic E-state index is -0.960. The average molecular weight is 371 g/mol. The highest BCUT2D eigenvalue weighted by molar-refractivity contribution is 5.78. The van der Waals surface area contributed by atoms with Crippen LogP contribution in [-0.2, 0) is 16.0 Å². The first kappa shape index (κ1) is 20.3. The molecule has 144 valence electrons. The van der Waals surface area contributed by atoms with E-state index in [2.05, 4.69) is 5.32 Å². The number of aryl methyl sites for hydroxylation is 1. The number of nitrogens with one attached hydrogen (secondary N) is 1.